The Hall–Kier alpha value is -3.51. The predicted octanol–water partition coefficient (Wildman–Crippen LogP) is 6.31. The highest BCUT2D eigenvalue weighted by atomic mass is 16.5. The summed E-state index contributed by atoms with van der Waals surface area (Å²) in [7, 11) is 4.18. The molecule has 3 aromatic rings. The zero-order chi connectivity index (χ0) is 26.7. The number of imidazole rings is 1. The third-order valence-electron chi connectivity index (χ3n) is 8.04. The van der Waals surface area contributed by atoms with E-state index in [0.29, 0.717) is 6.10 Å². The van der Waals surface area contributed by atoms with Crippen LogP contribution < -0.4 is 15.2 Å². The van der Waals surface area contributed by atoms with Crippen LogP contribution in [0.1, 0.15) is 52.4 Å². The quantitative estimate of drug-likeness (QED) is 0.336. The van der Waals surface area contributed by atoms with E-state index < -0.39 is 0 Å². The monoisotopic (exact) mass is 513 g/mol. The third-order valence-corrected chi connectivity index (χ3v) is 8.04. The number of rotatable bonds is 9. The van der Waals surface area contributed by atoms with Crippen LogP contribution >= 0.6 is 0 Å². The SMILES string of the molecule is CN(C)C(C)(C)[C@H](Oc1ccc(-n2ccn(-c3ccc(OC4CCCC4)cc3)c2=O)cc1)C1=CC=CCC1. The summed E-state index contributed by atoms with van der Waals surface area (Å²) in [6.45, 7) is 4.42. The van der Waals surface area contributed by atoms with Gasteiger partial charge in [0.05, 0.1) is 23.0 Å². The first-order valence-electron chi connectivity index (χ1n) is 13.7. The molecule has 0 N–H and O–H groups in total. The van der Waals surface area contributed by atoms with Gasteiger partial charge in [0, 0.05) is 12.4 Å². The largest absolute Gasteiger partial charge is 0.490 e. The number of ether oxygens (including phenoxy) is 2. The first-order valence-corrected chi connectivity index (χ1v) is 13.7. The van der Waals surface area contributed by atoms with E-state index in [1.54, 1.807) is 21.5 Å². The lowest BCUT2D eigenvalue weighted by molar-refractivity contribution is 0.0563. The van der Waals surface area contributed by atoms with Crippen LogP contribution in [0.2, 0.25) is 0 Å². The summed E-state index contributed by atoms with van der Waals surface area (Å²) < 4.78 is 16.0. The minimum absolute atomic E-state index is 0.0854. The van der Waals surface area contributed by atoms with Crippen LogP contribution in [0.15, 0.2) is 89.5 Å². The highest BCUT2D eigenvalue weighted by Crippen LogP contribution is 2.31. The first kappa shape index (κ1) is 26.1. The van der Waals surface area contributed by atoms with Gasteiger partial charge in [0.25, 0.3) is 0 Å². The van der Waals surface area contributed by atoms with Crippen LogP contribution in [-0.4, -0.2) is 45.9 Å². The van der Waals surface area contributed by atoms with Gasteiger partial charge in [0.2, 0.25) is 0 Å². The highest BCUT2D eigenvalue weighted by Gasteiger charge is 2.36. The van der Waals surface area contributed by atoms with Gasteiger partial charge in [-0.25, -0.2) is 4.79 Å². The second-order valence-electron chi connectivity index (χ2n) is 11.1. The van der Waals surface area contributed by atoms with Crippen molar-refractivity contribution < 1.29 is 9.47 Å². The Kier molecular flexibility index (Phi) is 7.61. The summed E-state index contributed by atoms with van der Waals surface area (Å²) in [6, 6.07) is 15.6. The van der Waals surface area contributed by atoms with Gasteiger partial charge in [-0.05, 0) is 121 Å². The van der Waals surface area contributed by atoms with Gasteiger partial charge in [-0.1, -0.05) is 18.2 Å². The minimum atomic E-state index is -0.193. The third kappa shape index (κ3) is 5.51. The molecule has 200 valence electrons. The Morgan fingerprint density at radius 2 is 1.47 bits per heavy atom. The number of hydrogen-bond donors (Lipinski definition) is 0. The summed E-state index contributed by atoms with van der Waals surface area (Å²) in [6.07, 6.45) is 17.1. The maximum absolute atomic E-state index is 13.3. The van der Waals surface area contributed by atoms with Crippen molar-refractivity contribution in [1.29, 1.82) is 0 Å². The second kappa shape index (κ2) is 11.1. The molecule has 2 aliphatic carbocycles. The molecule has 0 saturated heterocycles. The Bertz CT molecular complexity index is 1340. The Balaban J connectivity index is 1.32. The van der Waals surface area contributed by atoms with Crippen molar-refractivity contribution in [3.8, 4) is 22.9 Å². The molecule has 0 radical (unpaired) electrons. The molecule has 0 bridgehead atoms. The van der Waals surface area contributed by atoms with Crippen LogP contribution in [0.25, 0.3) is 11.4 Å². The maximum atomic E-state index is 13.3. The summed E-state index contributed by atoms with van der Waals surface area (Å²) in [4.78, 5) is 15.5. The fourth-order valence-corrected chi connectivity index (χ4v) is 5.22. The minimum Gasteiger partial charge on any atom is -0.490 e. The topological polar surface area (TPSA) is 48.6 Å². The van der Waals surface area contributed by atoms with E-state index in [9.17, 15) is 4.79 Å². The van der Waals surface area contributed by atoms with E-state index in [4.69, 9.17) is 9.47 Å². The fraction of sp³-hybridized carbons (Fsp3) is 0.406. The lowest BCUT2D eigenvalue weighted by Crippen LogP contribution is -2.52. The van der Waals surface area contributed by atoms with Crippen molar-refractivity contribution in [3.63, 3.8) is 0 Å². The van der Waals surface area contributed by atoms with Gasteiger partial charge in [-0.2, -0.15) is 0 Å². The highest BCUT2D eigenvalue weighted by molar-refractivity contribution is 5.41. The lowest BCUT2D eigenvalue weighted by Gasteiger charge is -2.41. The average Bonchev–Trinajstić information content (AvgIpc) is 3.58. The van der Waals surface area contributed by atoms with Crippen LogP contribution in [0.3, 0.4) is 0 Å². The van der Waals surface area contributed by atoms with Gasteiger partial charge in [0.15, 0.2) is 0 Å². The molecule has 2 aliphatic rings. The maximum Gasteiger partial charge on any atom is 0.337 e. The van der Waals surface area contributed by atoms with E-state index in [1.165, 1.54) is 18.4 Å². The van der Waals surface area contributed by atoms with Crippen LogP contribution in [-0.2, 0) is 0 Å². The molecule has 6 nitrogen and oxygen atoms in total. The van der Waals surface area contributed by atoms with Crippen LogP contribution in [0.4, 0.5) is 0 Å². The number of allylic oxidation sites excluding steroid dienone is 3. The van der Waals surface area contributed by atoms with E-state index in [2.05, 4.69) is 51.1 Å². The molecule has 38 heavy (non-hydrogen) atoms. The lowest BCUT2D eigenvalue weighted by atomic mass is 9.86. The number of aromatic nitrogens is 2. The van der Waals surface area contributed by atoms with Gasteiger partial charge < -0.3 is 14.4 Å². The van der Waals surface area contributed by atoms with Crippen LogP contribution in [0.5, 0.6) is 11.5 Å². The standard InChI is InChI=1S/C32H39N3O3/c1-32(2,33(3)4)30(24-10-6-5-7-11-24)38-29-20-16-26(17-21-29)35-23-22-34(31(35)36)25-14-18-28(19-15-25)37-27-12-8-9-13-27/h5-6,10,14-23,27,30H,7-9,11-13H2,1-4H3/t30-/m1/s1. The van der Waals surface area contributed by atoms with Crippen molar-refractivity contribution in [1.82, 2.24) is 14.0 Å². The van der Waals surface area contributed by atoms with Crippen molar-refractivity contribution in [2.45, 2.75) is 70.1 Å². The van der Waals surface area contributed by atoms with Gasteiger partial charge in [-0.3, -0.25) is 9.13 Å². The van der Waals surface area contributed by atoms with Crippen molar-refractivity contribution >= 4 is 0 Å². The Morgan fingerprint density at radius 3 is 2.00 bits per heavy atom. The molecule has 1 fully saturated rings. The van der Waals surface area contributed by atoms with Gasteiger partial charge in [0.1, 0.15) is 17.6 Å². The molecule has 0 aliphatic heterocycles. The predicted molar refractivity (Wildman–Crippen MR) is 153 cm³/mol. The molecule has 6 heteroatoms. The smallest absolute Gasteiger partial charge is 0.337 e. The summed E-state index contributed by atoms with van der Waals surface area (Å²) in [5, 5.41) is 0. The molecule has 0 spiro atoms. The number of nitrogens with zero attached hydrogens (tertiary/aromatic N) is 3. The molecule has 1 aromatic heterocycles. The molecule has 5 rings (SSSR count). The number of benzene rings is 2. The first-order chi connectivity index (χ1) is 18.3. The van der Waals surface area contributed by atoms with Crippen molar-refractivity contribution in [3.05, 3.63) is 95.2 Å². The fourth-order valence-electron chi connectivity index (χ4n) is 5.22. The van der Waals surface area contributed by atoms with Gasteiger partial charge in [-0.15, -0.1) is 0 Å². The number of likely N-dealkylation sites (N-methyl/N-ethyl adjacent to an activating group) is 1. The summed E-state index contributed by atoms with van der Waals surface area (Å²) in [5.74, 6) is 1.65. The molecule has 0 unspecified atom stereocenters. The normalized spacial score (nSPS) is 17.0. The number of hydrogen-bond acceptors (Lipinski definition) is 4. The second-order valence-corrected chi connectivity index (χ2v) is 11.1. The Morgan fingerprint density at radius 1 is 0.895 bits per heavy atom. The zero-order valence-electron chi connectivity index (χ0n) is 23.0. The van der Waals surface area contributed by atoms with E-state index >= 15 is 0 Å². The molecule has 0 amide bonds. The van der Waals surface area contributed by atoms with Gasteiger partial charge >= 0.3 is 5.69 Å². The summed E-state index contributed by atoms with van der Waals surface area (Å²) >= 11 is 0. The van der Waals surface area contributed by atoms with E-state index in [0.717, 1.165) is 48.6 Å². The molecule has 1 heterocycles. The van der Waals surface area contributed by atoms with E-state index in [1.807, 2.05) is 48.5 Å². The average molecular weight is 514 g/mol. The van der Waals surface area contributed by atoms with E-state index in [-0.39, 0.29) is 17.3 Å². The van der Waals surface area contributed by atoms with Crippen LogP contribution in [0, 0.1) is 0 Å². The zero-order valence-corrected chi connectivity index (χ0v) is 23.0. The van der Waals surface area contributed by atoms with Crippen molar-refractivity contribution in [2.75, 3.05) is 14.1 Å². The molecule has 2 aromatic carbocycles. The summed E-state index contributed by atoms with van der Waals surface area (Å²) in [5.41, 5.74) is 2.60. The van der Waals surface area contributed by atoms with Crippen molar-refractivity contribution in [2.24, 2.45) is 0 Å². The molecular weight excluding hydrogens is 474 g/mol. The molecule has 1 atom stereocenters. The Labute approximate surface area is 225 Å². The molecule has 1 saturated carbocycles. The molecular formula is C32H39N3O3.